The van der Waals surface area contributed by atoms with E-state index in [-0.39, 0.29) is 5.54 Å². The summed E-state index contributed by atoms with van der Waals surface area (Å²) in [5, 5.41) is 3.53. The molecule has 114 valence electrons. The monoisotopic (exact) mass is 295 g/mol. The van der Waals surface area contributed by atoms with Crippen molar-refractivity contribution in [2.24, 2.45) is 0 Å². The van der Waals surface area contributed by atoms with Gasteiger partial charge in [-0.05, 0) is 45.7 Å². The first kappa shape index (κ1) is 16.0. The van der Waals surface area contributed by atoms with Gasteiger partial charge in [0.2, 0.25) is 0 Å². The van der Waals surface area contributed by atoms with Crippen LogP contribution in [-0.4, -0.2) is 11.6 Å². The minimum Gasteiger partial charge on any atom is -0.373 e. The number of hydrogen-bond donors (Lipinski definition) is 1. The highest BCUT2D eigenvalue weighted by Crippen LogP contribution is 2.23. The molecule has 1 heterocycles. The Hall–Kier alpha value is -0.380. The number of hydrogen-bond acceptors (Lipinski definition) is 3. The van der Waals surface area contributed by atoms with Gasteiger partial charge in [-0.3, -0.25) is 0 Å². The lowest BCUT2D eigenvalue weighted by Crippen LogP contribution is -2.34. The molecular formula is C17H29NOS. The summed E-state index contributed by atoms with van der Waals surface area (Å²) < 4.78 is 6.10. The summed E-state index contributed by atoms with van der Waals surface area (Å²) in [6.45, 7) is 8.37. The summed E-state index contributed by atoms with van der Waals surface area (Å²) in [6, 6.07) is 4.45. The van der Waals surface area contributed by atoms with Gasteiger partial charge in [0.1, 0.15) is 0 Å². The molecule has 0 aliphatic heterocycles. The van der Waals surface area contributed by atoms with Crippen molar-refractivity contribution in [1.29, 1.82) is 0 Å². The molecule has 0 amide bonds. The van der Waals surface area contributed by atoms with Crippen LogP contribution in [0.15, 0.2) is 12.1 Å². The second-order valence-corrected chi connectivity index (χ2v) is 8.15. The summed E-state index contributed by atoms with van der Waals surface area (Å²) in [7, 11) is 0. The van der Waals surface area contributed by atoms with Gasteiger partial charge in [0.25, 0.3) is 0 Å². The van der Waals surface area contributed by atoms with Gasteiger partial charge >= 0.3 is 0 Å². The SMILES string of the molecule is CC(C)(C)NCc1ccc(COC2CCCCCC2)s1. The van der Waals surface area contributed by atoms with E-state index in [1.54, 1.807) is 0 Å². The Morgan fingerprint density at radius 2 is 1.75 bits per heavy atom. The Morgan fingerprint density at radius 3 is 2.40 bits per heavy atom. The van der Waals surface area contributed by atoms with Gasteiger partial charge in [-0.25, -0.2) is 0 Å². The van der Waals surface area contributed by atoms with E-state index in [1.165, 1.54) is 48.3 Å². The molecule has 0 bridgehead atoms. The van der Waals surface area contributed by atoms with Crippen LogP contribution < -0.4 is 5.32 Å². The predicted molar refractivity (Wildman–Crippen MR) is 87.2 cm³/mol. The maximum absolute atomic E-state index is 6.10. The number of ether oxygens (including phenoxy) is 1. The quantitative estimate of drug-likeness (QED) is 0.782. The molecule has 1 aliphatic rings. The van der Waals surface area contributed by atoms with E-state index >= 15 is 0 Å². The number of rotatable bonds is 5. The molecule has 1 aliphatic carbocycles. The van der Waals surface area contributed by atoms with Gasteiger partial charge in [0, 0.05) is 21.8 Å². The Labute approximate surface area is 127 Å². The van der Waals surface area contributed by atoms with Crippen molar-refractivity contribution >= 4 is 11.3 Å². The molecule has 3 heteroatoms. The highest BCUT2D eigenvalue weighted by atomic mass is 32.1. The van der Waals surface area contributed by atoms with E-state index in [0.717, 1.165) is 13.2 Å². The zero-order chi connectivity index (χ0) is 14.4. The molecule has 1 fully saturated rings. The molecule has 0 atom stereocenters. The molecule has 1 aromatic heterocycles. The highest BCUT2D eigenvalue weighted by Gasteiger charge is 2.13. The summed E-state index contributed by atoms with van der Waals surface area (Å²) in [5.41, 5.74) is 0.182. The van der Waals surface area contributed by atoms with Crippen LogP contribution in [0, 0.1) is 0 Å². The molecular weight excluding hydrogens is 266 g/mol. The number of thiophene rings is 1. The normalized spacial score (nSPS) is 18.1. The van der Waals surface area contributed by atoms with Crippen LogP contribution in [0.3, 0.4) is 0 Å². The van der Waals surface area contributed by atoms with Crippen molar-refractivity contribution in [1.82, 2.24) is 5.32 Å². The Balaban J connectivity index is 1.74. The molecule has 0 saturated heterocycles. The first-order chi connectivity index (χ1) is 9.53. The van der Waals surface area contributed by atoms with Crippen LogP contribution in [0.1, 0.15) is 69.1 Å². The third-order valence-electron chi connectivity index (χ3n) is 3.77. The Morgan fingerprint density at radius 1 is 1.10 bits per heavy atom. The zero-order valence-corrected chi connectivity index (χ0v) is 14.0. The number of nitrogens with one attached hydrogen (secondary N) is 1. The van der Waals surface area contributed by atoms with Crippen LogP contribution in [0.25, 0.3) is 0 Å². The highest BCUT2D eigenvalue weighted by molar-refractivity contribution is 7.11. The minimum absolute atomic E-state index is 0.182. The Kier molecular flexibility index (Phi) is 6.06. The van der Waals surface area contributed by atoms with Crippen molar-refractivity contribution in [3.63, 3.8) is 0 Å². The first-order valence-electron chi connectivity index (χ1n) is 7.97. The summed E-state index contributed by atoms with van der Waals surface area (Å²) in [4.78, 5) is 2.76. The van der Waals surface area contributed by atoms with Crippen molar-refractivity contribution in [3.8, 4) is 0 Å². The molecule has 2 nitrogen and oxygen atoms in total. The lowest BCUT2D eigenvalue weighted by molar-refractivity contribution is 0.0324. The van der Waals surface area contributed by atoms with E-state index in [9.17, 15) is 0 Å². The van der Waals surface area contributed by atoms with Crippen LogP contribution in [-0.2, 0) is 17.9 Å². The van der Waals surface area contributed by atoms with E-state index in [1.807, 2.05) is 11.3 Å². The molecule has 1 saturated carbocycles. The molecule has 0 aromatic carbocycles. The second-order valence-electron chi connectivity index (χ2n) is 6.90. The topological polar surface area (TPSA) is 21.3 Å². The van der Waals surface area contributed by atoms with Crippen molar-refractivity contribution < 1.29 is 4.74 Å². The summed E-state index contributed by atoms with van der Waals surface area (Å²) >= 11 is 1.88. The van der Waals surface area contributed by atoms with Crippen molar-refractivity contribution in [2.75, 3.05) is 0 Å². The van der Waals surface area contributed by atoms with Crippen LogP contribution in [0.2, 0.25) is 0 Å². The van der Waals surface area contributed by atoms with E-state index in [2.05, 4.69) is 38.2 Å². The fourth-order valence-corrected chi connectivity index (χ4v) is 3.44. The van der Waals surface area contributed by atoms with E-state index < -0.39 is 0 Å². The van der Waals surface area contributed by atoms with Crippen LogP contribution >= 0.6 is 11.3 Å². The van der Waals surface area contributed by atoms with Crippen molar-refractivity contribution in [3.05, 3.63) is 21.9 Å². The van der Waals surface area contributed by atoms with Gasteiger partial charge in [0.05, 0.1) is 12.7 Å². The standard InChI is InChI=1S/C17H29NOS/c1-17(2,3)18-12-15-10-11-16(20-15)13-19-14-8-6-4-5-7-9-14/h10-11,14,18H,4-9,12-13H2,1-3H3. The maximum Gasteiger partial charge on any atom is 0.0813 e. The lowest BCUT2D eigenvalue weighted by atomic mass is 10.1. The van der Waals surface area contributed by atoms with Crippen LogP contribution in [0.4, 0.5) is 0 Å². The maximum atomic E-state index is 6.10. The van der Waals surface area contributed by atoms with Gasteiger partial charge in [-0.2, -0.15) is 0 Å². The van der Waals surface area contributed by atoms with Gasteiger partial charge in [0.15, 0.2) is 0 Å². The average Bonchev–Trinajstić information content (AvgIpc) is 2.68. The molecule has 2 rings (SSSR count). The largest absolute Gasteiger partial charge is 0.373 e. The molecule has 20 heavy (non-hydrogen) atoms. The summed E-state index contributed by atoms with van der Waals surface area (Å²) in [5.74, 6) is 0. The van der Waals surface area contributed by atoms with Gasteiger partial charge in [-0.15, -0.1) is 11.3 Å². The molecule has 0 spiro atoms. The van der Waals surface area contributed by atoms with E-state index in [4.69, 9.17) is 4.74 Å². The van der Waals surface area contributed by atoms with Gasteiger partial charge < -0.3 is 10.1 Å². The third-order valence-corrected chi connectivity index (χ3v) is 4.83. The van der Waals surface area contributed by atoms with Crippen LogP contribution in [0.5, 0.6) is 0 Å². The molecule has 0 unspecified atom stereocenters. The fourth-order valence-electron chi connectivity index (χ4n) is 2.56. The average molecular weight is 295 g/mol. The summed E-state index contributed by atoms with van der Waals surface area (Å²) in [6.07, 6.45) is 8.47. The minimum atomic E-state index is 0.182. The second kappa shape index (κ2) is 7.58. The molecule has 0 radical (unpaired) electrons. The first-order valence-corrected chi connectivity index (χ1v) is 8.79. The lowest BCUT2D eigenvalue weighted by Gasteiger charge is -2.19. The predicted octanol–water partition coefficient (Wildman–Crippen LogP) is 4.88. The fraction of sp³-hybridized carbons (Fsp3) is 0.765. The molecule has 1 aromatic rings. The molecule has 1 N–H and O–H groups in total. The van der Waals surface area contributed by atoms with E-state index in [0.29, 0.717) is 6.10 Å². The van der Waals surface area contributed by atoms with Gasteiger partial charge in [-0.1, -0.05) is 25.7 Å². The third kappa shape index (κ3) is 5.94. The van der Waals surface area contributed by atoms with Crippen molar-refractivity contribution in [2.45, 2.75) is 84.1 Å². The zero-order valence-electron chi connectivity index (χ0n) is 13.2. The smallest absolute Gasteiger partial charge is 0.0813 e. The Bertz CT molecular complexity index is 386.